The van der Waals surface area contributed by atoms with E-state index in [1.807, 2.05) is 30.3 Å². The number of hydrogen-bond acceptors (Lipinski definition) is 5. The van der Waals surface area contributed by atoms with Gasteiger partial charge >= 0.3 is 0 Å². The standard InChI is InChI=1S/C22H22FN5O/c23-18-8-6-17(7-9-18)22(29)27-19-5-3-4-16(12-19)14-24-20-13-21(26-15-25-20)28-10-1-2-11-28/h3-9,12-13,15H,1-2,10-11,14H2,(H,27,29)(H,24,25,26). The molecular weight excluding hydrogens is 369 g/mol. The van der Waals surface area contributed by atoms with Crippen molar-refractivity contribution >= 4 is 23.2 Å². The van der Waals surface area contributed by atoms with E-state index in [9.17, 15) is 9.18 Å². The zero-order chi connectivity index (χ0) is 20.1. The van der Waals surface area contributed by atoms with Crippen molar-refractivity contribution in [3.8, 4) is 0 Å². The monoisotopic (exact) mass is 391 g/mol. The van der Waals surface area contributed by atoms with Crippen molar-refractivity contribution in [2.75, 3.05) is 28.6 Å². The van der Waals surface area contributed by atoms with E-state index >= 15 is 0 Å². The largest absolute Gasteiger partial charge is 0.366 e. The van der Waals surface area contributed by atoms with Gasteiger partial charge in [-0.05, 0) is 54.8 Å². The lowest BCUT2D eigenvalue weighted by Crippen LogP contribution is -2.19. The lowest BCUT2D eigenvalue weighted by molar-refractivity contribution is 0.102. The number of nitrogens with one attached hydrogen (secondary N) is 2. The molecule has 0 unspecified atom stereocenters. The highest BCUT2D eigenvalue weighted by Gasteiger charge is 2.14. The molecule has 1 amide bonds. The Hall–Kier alpha value is -3.48. The number of hydrogen-bond donors (Lipinski definition) is 2. The predicted molar refractivity (Wildman–Crippen MR) is 112 cm³/mol. The van der Waals surface area contributed by atoms with E-state index in [1.54, 1.807) is 6.33 Å². The topological polar surface area (TPSA) is 70.2 Å². The predicted octanol–water partition coefficient (Wildman–Crippen LogP) is 4.08. The molecule has 2 aromatic carbocycles. The molecule has 148 valence electrons. The summed E-state index contributed by atoms with van der Waals surface area (Å²) in [5, 5.41) is 6.15. The van der Waals surface area contributed by atoms with Crippen LogP contribution in [0.4, 0.5) is 21.7 Å². The van der Waals surface area contributed by atoms with Gasteiger partial charge in [0.2, 0.25) is 0 Å². The Balaban J connectivity index is 1.38. The van der Waals surface area contributed by atoms with E-state index in [0.29, 0.717) is 17.8 Å². The average molecular weight is 391 g/mol. The number of aromatic nitrogens is 2. The highest BCUT2D eigenvalue weighted by molar-refractivity contribution is 6.04. The Morgan fingerprint density at radius 2 is 1.83 bits per heavy atom. The number of nitrogens with zero attached hydrogens (tertiary/aromatic N) is 3. The lowest BCUT2D eigenvalue weighted by atomic mass is 10.1. The van der Waals surface area contributed by atoms with Gasteiger partial charge in [-0.15, -0.1) is 0 Å². The fourth-order valence-electron chi connectivity index (χ4n) is 3.32. The Morgan fingerprint density at radius 1 is 1.03 bits per heavy atom. The molecule has 0 aliphatic carbocycles. The van der Waals surface area contributed by atoms with Crippen LogP contribution < -0.4 is 15.5 Å². The third-order valence-electron chi connectivity index (χ3n) is 4.85. The van der Waals surface area contributed by atoms with Crippen LogP contribution in [0.2, 0.25) is 0 Å². The minimum absolute atomic E-state index is 0.277. The van der Waals surface area contributed by atoms with Crippen LogP contribution in [-0.4, -0.2) is 29.0 Å². The quantitative estimate of drug-likeness (QED) is 0.663. The van der Waals surface area contributed by atoms with Gasteiger partial charge in [0.05, 0.1) is 0 Å². The van der Waals surface area contributed by atoms with Gasteiger partial charge in [-0.25, -0.2) is 14.4 Å². The van der Waals surface area contributed by atoms with Crippen LogP contribution in [-0.2, 0) is 6.54 Å². The van der Waals surface area contributed by atoms with Crippen LogP contribution in [0, 0.1) is 5.82 Å². The summed E-state index contributed by atoms with van der Waals surface area (Å²) in [5.74, 6) is 1.07. The average Bonchev–Trinajstić information content (AvgIpc) is 3.28. The van der Waals surface area contributed by atoms with Crippen molar-refractivity contribution in [3.63, 3.8) is 0 Å². The van der Waals surface area contributed by atoms with Crippen LogP contribution in [0.25, 0.3) is 0 Å². The molecule has 6 nitrogen and oxygen atoms in total. The summed E-state index contributed by atoms with van der Waals surface area (Å²) in [4.78, 5) is 23.2. The fourth-order valence-corrected chi connectivity index (χ4v) is 3.32. The number of benzene rings is 2. The van der Waals surface area contributed by atoms with Gasteiger partial charge in [0.25, 0.3) is 5.91 Å². The second kappa shape index (κ2) is 8.68. The van der Waals surface area contributed by atoms with Gasteiger partial charge in [0, 0.05) is 37.0 Å². The molecule has 0 atom stereocenters. The van der Waals surface area contributed by atoms with Crippen LogP contribution in [0.3, 0.4) is 0 Å². The zero-order valence-corrected chi connectivity index (χ0v) is 15.9. The maximum absolute atomic E-state index is 13.0. The third kappa shape index (κ3) is 4.87. The highest BCUT2D eigenvalue weighted by Crippen LogP contribution is 2.20. The van der Waals surface area contributed by atoms with E-state index in [0.717, 1.165) is 30.3 Å². The van der Waals surface area contributed by atoms with E-state index in [-0.39, 0.29) is 11.7 Å². The lowest BCUT2D eigenvalue weighted by Gasteiger charge is -2.16. The second-order valence-corrected chi connectivity index (χ2v) is 6.97. The van der Waals surface area contributed by atoms with E-state index < -0.39 is 0 Å². The van der Waals surface area contributed by atoms with Crippen LogP contribution >= 0.6 is 0 Å². The molecule has 0 bridgehead atoms. The minimum Gasteiger partial charge on any atom is -0.366 e. The molecule has 2 heterocycles. The summed E-state index contributed by atoms with van der Waals surface area (Å²) in [7, 11) is 0. The van der Waals surface area contributed by atoms with Crippen molar-refractivity contribution < 1.29 is 9.18 Å². The first-order valence-corrected chi connectivity index (χ1v) is 9.64. The first-order valence-electron chi connectivity index (χ1n) is 9.64. The summed E-state index contributed by atoms with van der Waals surface area (Å²) in [6.45, 7) is 2.63. The van der Waals surface area contributed by atoms with Crippen LogP contribution in [0.15, 0.2) is 60.9 Å². The normalized spacial score (nSPS) is 13.3. The second-order valence-electron chi connectivity index (χ2n) is 6.97. The molecule has 1 aliphatic heterocycles. The smallest absolute Gasteiger partial charge is 0.255 e. The molecule has 0 saturated carbocycles. The SMILES string of the molecule is O=C(Nc1cccc(CNc2cc(N3CCCC3)ncn2)c1)c1ccc(F)cc1. The Morgan fingerprint density at radius 3 is 2.62 bits per heavy atom. The van der Waals surface area contributed by atoms with Gasteiger partial charge in [0.15, 0.2) is 0 Å². The molecule has 1 saturated heterocycles. The van der Waals surface area contributed by atoms with Gasteiger partial charge in [-0.1, -0.05) is 12.1 Å². The Labute approximate surface area is 168 Å². The number of halogens is 1. The molecule has 7 heteroatoms. The Kier molecular flexibility index (Phi) is 5.65. The number of rotatable bonds is 6. The molecule has 2 N–H and O–H groups in total. The Bertz CT molecular complexity index is 987. The molecule has 1 aromatic heterocycles. The van der Waals surface area contributed by atoms with Crippen molar-refractivity contribution in [1.29, 1.82) is 0 Å². The van der Waals surface area contributed by atoms with Crippen molar-refractivity contribution in [1.82, 2.24) is 9.97 Å². The molecular formula is C22H22FN5O. The maximum atomic E-state index is 13.0. The van der Waals surface area contributed by atoms with Crippen molar-refractivity contribution in [3.05, 3.63) is 77.9 Å². The number of carbonyl (C=O) groups excluding carboxylic acids is 1. The molecule has 0 radical (unpaired) electrons. The highest BCUT2D eigenvalue weighted by atomic mass is 19.1. The molecule has 1 fully saturated rings. The number of anilines is 3. The molecule has 4 rings (SSSR count). The maximum Gasteiger partial charge on any atom is 0.255 e. The molecule has 1 aliphatic rings. The van der Waals surface area contributed by atoms with Gasteiger partial charge in [0.1, 0.15) is 23.8 Å². The van der Waals surface area contributed by atoms with Crippen LogP contribution in [0.1, 0.15) is 28.8 Å². The molecule has 29 heavy (non-hydrogen) atoms. The van der Waals surface area contributed by atoms with Crippen molar-refractivity contribution in [2.24, 2.45) is 0 Å². The first-order chi connectivity index (χ1) is 14.2. The molecule has 3 aromatic rings. The summed E-state index contributed by atoms with van der Waals surface area (Å²) in [5.41, 5.74) is 2.09. The third-order valence-corrected chi connectivity index (χ3v) is 4.85. The van der Waals surface area contributed by atoms with E-state index in [1.165, 1.54) is 37.1 Å². The number of carbonyl (C=O) groups is 1. The zero-order valence-electron chi connectivity index (χ0n) is 15.9. The van der Waals surface area contributed by atoms with Crippen molar-refractivity contribution in [2.45, 2.75) is 19.4 Å². The van der Waals surface area contributed by atoms with Gasteiger partial charge in [-0.3, -0.25) is 4.79 Å². The summed E-state index contributed by atoms with van der Waals surface area (Å²) < 4.78 is 13.0. The van der Waals surface area contributed by atoms with E-state index in [2.05, 4.69) is 25.5 Å². The van der Waals surface area contributed by atoms with Gasteiger partial charge in [-0.2, -0.15) is 0 Å². The summed E-state index contributed by atoms with van der Waals surface area (Å²) in [6, 6.07) is 15.0. The minimum atomic E-state index is -0.368. The summed E-state index contributed by atoms with van der Waals surface area (Å²) in [6.07, 6.45) is 3.97. The van der Waals surface area contributed by atoms with Gasteiger partial charge < -0.3 is 15.5 Å². The van der Waals surface area contributed by atoms with E-state index in [4.69, 9.17) is 0 Å². The number of amides is 1. The first kappa shape index (κ1) is 18.9. The summed E-state index contributed by atoms with van der Waals surface area (Å²) >= 11 is 0. The fraction of sp³-hybridized carbons (Fsp3) is 0.227. The molecule has 0 spiro atoms. The van der Waals surface area contributed by atoms with Crippen LogP contribution in [0.5, 0.6) is 0 Å².